The molecule has 0 radical (unpaired) electrons. The van der Waals surface area contributed by atoms with Crippen molar-refractivity contribution in [2.24, 2.45) is 0 Å². The molecule has 0 bridgehead atoms. The lowest BCUT2D eigenvalue weighted by Crippen LogP contribution is -2.43. The van der Waals surface area contributed by atoms with E-state index in [4.69, 9.17) is 18.0 Å². The first-order valence-electron chi connectivity index (χ1n) is 12.0. The van der Waals surface area contributed by atoms with Gasteiger partial charge in [0.25, 0.3) is 0 Å². The number of furan rings is 1. The van der Waals surface area contributed by atoms with Gasteiger partial charge in [0, 0.05) is 18.9 Å². The van der Waals surface area contributed by atoms with Crippen molar-refractivity contribution in [3.8, 4) is 0 Å². The maximum Gasteiger partial charge on any atom is 0.302 e. The summed E-state index contributed by atoms with van der Waals surface area (Å²) < 4.78 is 24.2. The lowest BCUT2D eigenvalue weighted by Gasteiger charge is -2.37. The highest BCUT2D eigenvalue weighted by Crippen LogP contribution is 2.38. The number of esters is 1. The average Bonchev–Trinajstić information content (AvgIpc) is 2.94. The van der Waals surface area contributed by atoms with E-state index in [-0.39, 0.29) is 22.1 Å². The molecule has 0 N–H and O–H groups in total. The van der Waals surface area contributed by atoms with Crippen molar-refractivity contribution in [2.45, 2.75) is 118 Å². The van der Waals surface area contributed by atoms with Crippen molar-refractivity contribution in [3.63, 3.8) is 0 Å². The summed E-state index contributed by atoms with van der Waals surface area (Å²) in [5.41, 5.74) is 2.15. The van der Waals surface area contributed by atoms with E-state index in [1.807, 2.05) is 19.9 Å². The van der Waals surface area contributed by atoms with Crippen LogP contribution >= 0.6 is 0 Å². The van der Waals surface area contributed by atoms with E-state index in [1.54, 1.807) is 0 Å². The molecule has 1 aromatic heterocycles. The predicted octanol–water partition coefficient (Wildman–Crippen LogP) is 7.86. The zero-order valence-electron chi connectivity index (χ0n) is 23.4. The first kappa shape index (κ1) is 29.9. The van der Waals surface area contributed by atoms with Gasteiger partial charge in [0.2, 0.25) is 0 Å². The normalized spacial score (nSPS) is 15.0. The standard InChI is InChI=1S/C26H48O5Si2/c1-19(15-24(31-21(3)27)18-29-33(12,13)26(7,8)9)14-23-16-22(20(2)30-23)17-28-32(10,11)25(4,5)6/h14,16,24H,15,17-18H2,1-13H3/b19-14+. The van der Waals surface area contributed by atoms with Gasteiger partial charge in [-0.15, -0.1) is 0 Å². The van der Waals surface area contributed by atoms with Gasteiger partial charge in [-0.3, -0.25) is 4.79 Å². The minimum absolute atomic E-state index is 0.104. The molecule has 0 aliphatic rings. The van der Waals surface area contributed by atoms with Crippen LogP contribution in [-0.4, -0.2) is 35.3 Å². The zero-order valence-corrected chi connectivity index (χ0v) is 25.4. The number of ether oxygens (including phenoxy) is 1. The Balaban J connectivity index is 2.89. The number of carbonyl (C=O) groups excluding carboxylic acids is 1. The number of hydrogen-bond acceptors (Lipinski definition) is 5. The lowest BCUT2D eigenvalue weighted by atomic mass is 10.1. The molecule has 0 saturated carbocycles. The summed E-state index contributed by atoms with van der Waals surface area (Å²) in [5, 5.41) is 0.273. The second kappa shape index (κ2) is 11.1. The van der Waals surface area contributed by atoms with Gasteiger partial charge in [0.1, 0.15) is 17.6 Å². The Morgan fingerprint density at radius 2 is 1.52 bits per heavy atom. The quantitative estimate of drug-likeness (QED) is 0.244. The van der Waals surface area contributed by atoms with Gasteiger partial charge in [-0.1, -0.05) is 47.1 Å². The lowest BCUT2D eigenvalue weighted by molar-refractivity contribution is -0.147. The Labute approximate surface area is 204 Å². The van der Waals surface area contributed by atoms with Gasteiger partial charge >= 0.3 is 5.97 Å². The minimum atomic E-state index is -1.93. The summed E-state index contributed by atoms with van der Waals surface area (Å²) >= 11 is 0. The summed E-state index contributed by atoms with van der Waals surface area (Å²) in [6.07, 6.45) is 2.31. The van der Waals surface area contributed by atoms with Crippen LogP contribution < -0.4 is 0 Å². The fraction of sp³-hybridized carbons (Fsp3) is 0.731. The van der Waals surface area contributed by atoms with Crippen LogP contribution in [0.2, 0.25) is 36.3 Å². The fourth-order valence-electron chi connectivity index (χ4n) is 2.78. The third-order valence-electron chi connectivity index (χ3n) is 7.14. The van der Waals surface area contributed by atoms with Gasteiger partial charge < -0.3 is 18.0 Å². The van der Waals surface area contributed by atoms with E-state index in [9.17, 15) is 4.79 Å². The second-order valence-electron chi connectivity index (χ2n) is 12.3. The molecular weight excluding hydrogens is 448 g/mol. The molecule has 0 spiro atoms. The number of rotatable bonds is 10. The van der Waals surface area contributed by atoms with Gasteiger partial charge in [-0.25, -0.2) is 0 Å². The summed E-state index contributed by atoms with van der Waals surface area (Å²) in [6, 6.07) is 2.05. The van der Waals surface area contributed by atoms with Crippen LogP contribution in [0.5, 0.6) is 0 Å². The SMILES string of the molecule is CC(=O)OC(CO[Si](C)(C)C(C)(C)C)C/C(C)=C/c1cc(CO[Si](C)(C)C(C)(C)C)c(C)o1. The molecule has 33 heavy (non-hydrogen) atoms. The minimum Gasteiger partial charge on any atom is -0.462 e. The van der Waals surface area contributed by atoms with Crippen LogP contribution in [0.1, 0.15) is 78.9 Å². The van der Waals surface area contributed by atoms with Crippen molar-refractivity contribution in [3.05, 3.63) is 28.7 Å². The molecule has 0 amide bonds. The van der Waals surface area contributed by atoms with Gasteiger partial charge in [-0.2, -0.15) is 0 Å². The monoisotopic (exact) mass is 496 g/mol. The molecule has 5 nitrogen and oxygen atoms in total. The fourth-order valence-corrected chi connectivity index (χ4v) is 4.77. The van der Waals surface area contributed by atoms with Crippen molar-refractivity contribution >= 4 is 28.7 Å². The summed E-state index contributed by atoms with van der Waals surface area (Å²) in [7, 11) is -3.75. The van der Waals surface area contributed by atoms with Gasteiger partial charge in [0.15, 0.2) is 16.6 Å². The van der Waals surface area contributed by atoms with Crippen LogP contribution in [0.15, 0.2) is 16.1 Å². The van der Waals surface area contributed by atoms with Crippen LogP contribution in [-0.2, 0) is 25.0 Å². The molecule has 0 aromatic carbocycles. The van der Waals surface area contributed by atoms with E-state index in [0.717, 1.165) is 22.7 Å². The zero-order chi connectivity index (χ0) is 25.8. The Morgan fingerprint density at radius 1 is 1.00 bits per heavy atom. The molecule has 1 atom stereocenters. The average molecular weight is 497 g/mol. The topological polar surface area (TPSA) is 57.9 Å². The van der Waals surface area contributed by atoms with Crippen LogP contribution in [0, 0.1) is 6.92 Å². The smallest absolute Gasteiger partial charge is 0.302 e. The number of aryl methyl sites for hydroxylation is 1. The maximum atomic E-state index is 11.7. The van der Waals surface area contributed by atoms with E-state index >= 15 is 0 Å². The molecule has 0 fully saturated rings. The molecule has 0 saturated heterocycles. The van der Waals surface area contributed by atoms with E-state index in [0.29, 0.717) is 19.6 Å². The first-order chi connectivity index (χ1) is 14.7. The highest BCUT2D eigenvalue weighted by atomic mass is 28.4. The Hall–Kier alpha value is -1.16. The molecule has 1 aromatic rings. The molecular formula is C26H48O5Si2. The van der Waals surface area contributed by atoms with Crippen molar-refractivity contribution in [2.75, 3.05) is 6.61 Å². The van der Waals surface area contributed by atoms with E-state index in [2.05, 4.69) is 73.8 Å². The number of carbonyl (C=O) groups is 1. The molecule has 1 rings (SSSR count). The predicted molar refractivity (Wildman–Crippen MR) is 142 cm³/mol. The van der Waals surface area contributed by atoms with Gasteiger partial charge in [0.05, 0.1) is 13.2 Å². The van der Waals surface area contributed by atoms with Crippen LogP contribution in [0.4, 0.5) is 0 Å². The molecule has 190 valence electrons. The highest BCUT2D eigenvalue weighted by molar-refractivity contribution is 6.74. The van der Waals surface area contributed by atoms with Crippen molar-refractivity contribution in [1.29, 1.82) is 0 Å². The third kappa shape index (κ3) is 9.19. The van der Waals surface area contributed by atoms with Crippen molar-refractivity contribution in [1.82, 2.24) is 0 Å². The number of hydrogen-bond donors (Lipinski definition) is 0. The van der Waals surface area contributed by atoms with Crippen LogP contribution in [0.25, 0.3) is 6.08 Å². The summed E-state index contributed by atoms with van der Waals surface area (Å²) in [6.45, 7) is 28.7. The highest BCUT2D eigenvalue weighted by Gasteiger charge is 2.38. The third-order valence-corrected chi connectivity index (χ3v) is 16.1. The molecule has 0 aliphatic carbocycles. The molecule has 1 heterocycles. The van der Waals surface area contributed by atoms with Crippen LogP contribution in [0.3, 0.4) is 0 Å². The Bertz CT molecular complexity index is 823. The summed E-state index contributed by atoms with van der Waals surface area (Å²) in [5.74, 6) is 1.39. The summed E-state index contributed by atoms with van der Waals surface area (Å²) in [4.78, 5) is 11.7. The first-order valence-corrected chi connectivity index (χ1v) is 17.8. The molecule has 0 aliphatic heterocycles. The molecule has 1 unspecified atom stereocenters. The van der Waals surface area contributed by atoms with E-state index in [1.165, 1.54) is 6.92 Å². The largest absolute Gasteiger partial charge is 0.462 e. The second-order valence-corrected chi connectivity index (χ2v) is 21.9. The van der Waals surface area contributed by atoms with Gasteiger partial charge in [-0.05, 0) is 62.3 Å². The van der Waals surface area contributed by atoms with Crippen molar-refractivity contribution < 1.29 is 22.8 Å². The Morgan fingerprint density at radius 3 is 2.00 bits per heavy atom. The van der Waals surface area contributed by atoms with E-state index < -0.39 is 16.6 Å². The Kier molecular flexibility index (Phi) is 10.0. The maximum absolute atomic E-state index is 11.7. The molecule has 7 heteroatoms.